The Bertz CT molecular complexity index is 410. The zero-order valence-electron chi connectivity index (χ0n) is 18.1. The highest BCUT2D eigenvalue weighted by Crippen LogP contribution is 2.29. The summed E-state index contributed by atoms with van der Waals surface area (Å²) in [5.74, 6) is 0. The van der Waals surface area contributed by atoms with E-state index in [1.165, 1.54) is 58.0 Å². The maximum absolute atomic E-state index is 2.72. The molecule has 1 heterocycles. The molecule has 0 bridgehead atoms. The molecule has 1 rings (SSSR count). The number of hydrogen-bond donors (Lipinski definition) is 0. The van der Waals surface area contributed by atoms with Crippen molar-refractivity contribution in [1.82, 2.24) is 9.62 Å². The standard InChI is InChI=1S/C22H43BN2/c1-8-11-12-13-16-21(14-9-2)22(15-10-3)23-24(19(4)5)17-18-25(23)20(6)7/h13,16,19-20H,8-12,14-15,17-18H2,1-7H3/b16-13+,22-21-. The molecule has 1 fully saturated rings. The SMILES string of the molecule is CCCC/C=C/C(CCC)=C(/CCC)B1N(C(C)C)CCN1C(C)C. The van der Waals surface area contributed by atoms with Crippen molar-refractivity contribution >= 4 is 6.98 Å². The minimum Gasteiger partial charge on any atom is -0.321 e. The normalized spacial score (nSPS) is 18.2. The van der Waals surface area contributed by atoms with E-state index in [0.29, 0.717) is 19.1 Å². The Morgan fingerprint density at radius 3 is 1.88 bits per heavy atom. The smallest absolute Gasteiger partial charge is 0.321 e. The van der Waals surface area contributed by atoms with Crippen LogP contribution in [0, 0.1) is 0 Å². The third-order valence-corrected chi connectivity index (χ3v) is 5.38. The molecule has 1 saturated heterocycles. The summed E-state index contributed by atoms with van der Waals surface area (Å²) in [4.78, 5) is 5.45. The second-order valence-corrected chi connectivity index (χ2v) is 8.13. The number of allylic oxidation sites excluding steroid dienone is 4. The van der Waals surface area contributed by atoms with Gasteiger partial charge in [0.2, 0.25) is 0 Å². The van der Waals surface area contributed by atoms with Crippen LogP contribution in [-0.4, -0.2) is 41.8 Å². The van der Waals surface area contributed by atoms with Gasteiger partial charge in [0.1, 0.15) is 0 Å². The summed E-state index contributed by atoms with van der Waals surface area (Å²) < 4.78 is 0. The molecule has 3 heteroatoms. The first-order valence-corrected chi connectivity index (χ1v) is 10.9. The third-order valence-electron chi connectivity index (χ3n) is 5.38. The number of rotatable bonds is 11. The Labute approximate surface area is 158 Å². The van der Waals surface area contributed by atoms with Gasteiger partial charge in [-0.2, -0.15) is 0 Å². The first-order valence-electron chi connectivity index (χ1n) is 10.9. The van der Waals surface area contributed by atoms with Crippen LogP contribution in [0.5, 0.6) is 0 Å². The van der Waals surface area contributed by atoms with Crippen molar-refractivity contribution in [3.63, 3.8) is 0 Å². The van der Waals surface area contributed by atoms with Crippen LogP contribution in [0.15, 0.2) is 23.2 Å². The van der Waals surface area contributed by atoms with Crippen molar-refractivity contribution in [2.75, 3.05) is 13.1 Å². The van der Waals surface area contributed by atoms with Gasteiger partial charge in [-0.1, -0.05) is 97.3 Å². The summed E-state index contributed by atoms with van der Waals surface area (Å²) in [6.45, 7) is 19.3. The Hall–Kier alpha value is -0.535. The molecule has 25 heavy (non-hydrogen) atoms. The fourth-order valence-electron chi connectivity index (χ4n) is 4.04. The average molecular weight is 346 g/mol. The van der Waals surface area contributed by atoms with E-state index < -0.39 is 0 Å². The minimum atomic E-state index is 0.498. The lowest BCUT2D eigenvalue weighted by Gasteiger charge is -2.34. The molecule has 0 aromatic heterocycles. The molecule has 0 aromatic carbocycles. The molecule has 0 saturated carbocycles. The highest BCUT2D eigenvalue weighted by Gasteiger charge is 2.41. The van der Waals surface area contributed by atoms with Crippen LogP contribution >= 0.6 is 0 Å². The third kappa shape index (κ3) is 6.60. The second kappa shape index (κ2) is 12.0. The number of hydrogen-bond acceptors (Lipinski definition) is 2. The molecular formula is C22H43BN2. The van der Waals surface area contributed by atoms with E-state index in [1.54, 1.807) is 11.0 Å². The second-order valence-electron chi connectivity index (χ2n) is 8.13. The predicted octanol–water partition coefficient (Wildman–Crippen LogP) is 6.09. The zero-order chi connectivity index (χ0) is 18.8. The lowest BCUT2D eigenvalue weighted by Crippen LogP contribution is -2.51. The van der Waals surface area contributed by atoms with Crippen molar-refractivity contribution in [3.8, 4) is 0 Å². The lowest BCUT2D eigenvalue weighted by atomic mass is 9.59. The van der Waals surface area contributed by atoms with Crippen LogP contribution < -0.4 is 0 Å². The summed E-state index contributed by atoms with van der Waals surface area (Å²) >= 11 is 0. The fourth-order valence-corrected chi connectivity index (χ4v) is 4.04. The lowest BCUT2D eigenvalue weighted by molar-refractivity contribution is 0.390. The number of nitrogens with zero attached hydrogens (tertiary/aromatic N) is 2. The van der Waals surface area contributed by atoms with Crippen LogP contribution in [0.2, 0.25) is 0 Å². The molecular weight excluding hydrogens is 303 g/mol. The molecule has 1 aliphatic heterocycles. The monoisotopic (exact) mass is 346 g/mol. The molecule has 0 spiro atoms. The minimum absolute atomic E-state index is 0.498. The summed E-state index contributed by atoms with van der Waals surface area (Å²) in [5.41, 5.74) is 3.31. The fraction of sp³-hybridized carbons (Fsp3) is 0.818. The van der Waals surface area contributed by atoms with Gasteiger partial charge >= 0.3 is 6.98 Å². The Balaban J connectivity index is 3.25. The maximum atomic E-state index is 2.72. The van der Waals surface area contributed by atoms with E-state index in [1.807, 2.05) is 0 Å². The Morgan fingerprint density at radius 2 is 1.44 bits per heavy atom. The summed E-state index contributed by atoms with van der Waals surface area (Å²) in [5, 5.41) is 0. The van der Waals surface area contributed by atoms with Crippen molar-refractivity contribution in [1.29, 1.82) is 0 Å². The first-order chi connectivity index (χ1) is 12.0. The van der Waals surface area contributed by atoms with Crippen molar-refractivity contribution in [2.24, 2.45) is 0 Å². The van der Waals surface area contributed by atoms with Crippen molar-refractivity contribution in [2.45, 2.75) is 105 Å². The first kappa shape index (κ1) is 22.5. The molecule has 1 aliphatic rings. The van der Waals surface area contributed by atoms with Gasteiger partial charge in [-0.25, -0.2) is 0 Å². The maximum Gasteiger partial charge on any atom is 0.342 e. The van der Waals surface area contributed by atoms with Crippen LogP contribution in [0.4, 0.5) is 0 Å². The summed E-state index contributed by atoms with van der Waals surface area (Å²) in [7, 11) is 0. The van der Waals surface area contributed by atoms with Gasteiger partial charge in [-0.3, -0.25) is 0 Å². The highest BCUT2D eigenvalue weighted by atomic mass is 15.3. The molecule has 0 atom stereocenters. The largest absolute Gasteiger partial charge is 0.342 e. The quantitative estimate of drug-likeness (QED) is 0.254. The van der Waals surface area contributed by atoms with Gasteiger partial charge in [0.25, 0.3) is 0 Å². The van der Waals surface area contributed by atoms with Crippen molar-refractivity contribution in [3.05, 3.63) is 23.2 Å². The van der Waals surface area contributed by atoms with E-state index in [0.717, 1.165) is 0 Å². The van der Waals surface area contributed by atoms with Gasteiger partial charge in [0.15, 0.2) is 0 Å². The zero-order valence-corrected chi connectivity index (χ0v) is 18.1. The van der Waals surface area contributed by atoms with Gasteiger partial charge in [-0.05, 0) is 31.3 Å². The van der Waals surface area contributed by atoms with Gasteiger partial charge in [0.05, 0.1) is 0 Å². The molecule has 0 N–H and O–H groups in total. The molecule has 0 unspecified atom stereocenters. The van der Waals surface area contributed by atoms with Crippen LogP contribution in [-0.2, 0) is 0 Å². The van der Waals surface area contributed by atoms with Gasteiger partial charge < -0.3 is 9.62 Å². The molecule has 0 radical (unpaired) electrons. The van der Waals surface area contributed by atoms with Gasteiger partial charge in [0, 0.05) is 13.1 Å². The van der Waals surface area contributed by atoms with Crippen LogP contribution in [0.25, 0.3) is 0 Å². The topological polar surface area (TPSA) is 6.48 Å². The predicted molar refractivity (Wildman–Crippen MR) is 115 cm³/mol. The Kier molecular flexibility index (Phi) is 10.8. The Morgan fingerprint density at radius 1 is 0.880 bits per heavy atom. The molecule has 0 amide bonds. The van der Waals surface area contributed by atoms with E-state index in [-0.39, 0.29) is 0 Å². The molecule has 0 aromatic rings. The van der Waals surface area contributed by atoms with Crippen molar-refractivity contribution < 1.29 is 0 Å². The summed E-state index contributed by atoms with van der Waals surface area (Å²) in [6.07, 6.45) is 13.6. The molecule has 2 nitrogen and oxygen atoms in total. The average Bonchev–Trinajstić information content (AvgIpc) is 3.01. The van der Waals surface area contributed by atoms with E-state index >= 15 is 0 Å². The van der Waals surface area contributed by atoms with E-state index in [4.69, 9.17) is 0 Å². The highest BCUT2D eigenvalue weighted by molar-refractivity contribution is 6.62. The van der Waals surface area contributed by atoms with Crippen LogP contribution in [0.3, 0.4) is 0 Å². The van der Waals surface area contributed by atoms with Crippen LogP contribution in [0.1, 0.15) is 93.4 Å². The van der Waals surface area contributed by atoms with E-state index in [9.17, 15) is 0 Å². The molecule has 0 aliphatic carbocycles. The number of unbranched alkanes of at least 4 members (excludes halogenated alkanes) is 2. The molecule has 144 valence electrons. The van der Waals surface area contributed by atoms with Gasteiger partial charge in [-0.15, -0.1) is 0 Å². The summed E-state index contributed by atoms with van der Waals surface area (Å²) in [6, 6.07) is 1.21. The van der Waals surface area contributed by atoms with E-state index in [2.05, 4.69) is 70.2 Å².